The van der Waals surface area contributed by atoms with Crippen molar-refractivity contribution in [2.45, 2.75) is 25.2 Å². The van der Waals surface area contributed by atoms with Gasteiger partial charge in [-0.3, -0.25) is 4.68 Å². The lowest BCUT2D eigenvalue weighted by Crippen LogP contribution is -2.18. The van der Waals surface area contributed by atoms with Gasteiger partial charge in [-0.1, -0.05) is 11.8 Å². The molecule has 0 aliphatic heterocycles. The molecule has 0 bridgehead atoms. The van der Waals surface area contributed by atoms with Gasteiger partial charge < -0.3 is 10.6 Å². The van der Waals surface area contributed by atoms with Gasteiger partial charge in [-0.25, -0.2) is 9.97 Å². The minimum atomic E-state index is 0.491. The predicted octanol–water partition coefficient (Wildman–Crippen LogP) is 1.63. The molecule has 102 valence electrons. The maximum Gasteiger partial charge on any atom is 0.191 e. The summed E-state index contributed by atoms with van der Waals surface area (Å²) in [6, 6.07) is 1.78. The highest BCUT2D eigenvalue weighted by atomic mass is 32.2. The van der Waals surface area contributed by atoms with Gasteiger partial charge in [-0.05, 0) is 13.2 Å². The highest BCUT2D eigenvalue weighted by Crippen LogP contribution is 2.19. The van der Waals surface area contributed by atoms with Gasteiger partial charge in [0.05, 0.1) is 6.20 Å². The van der Waals surface area contributed by atoms with Crippen molar-refractivity contribution in [3.63, 3.8) is 0 Å². The minimum Gasteiger partial charge on any atom is -0.383 e. The number of thioether (sulfide) groups is 1. The summed E-state index contributed by atoms with van der Waals surface area (Å²) in [5, 5.41) is 4.95. The van der Waals surface area contributed by atoms with Crippen LogP contribution in [-0.2, 0) is 13.1 Å². The van der Waals surface area contributed by atoms with E-state index in [1.165, 1.54) is 11.8 Å². The third-order valence-electron chi connectivity index (χ3n) is 2.72. The second kappa shape index (κ2) is 5.92. The van der Waals surface area contributed by atoms with Crippen molar-refractivity contribution in [2.24, 2.45) is 0 Å². The van der Waals surface area contributed by atoms with Gasteiger partial charge in [-0.2, -0.15) is 5.10 Å². The molecule has 0 spiro atoms. The van der Waals surface area contributed by atoms with Crippen LogP contribution in [-0.4, -0.2) is 33.1 Å². The van der Waals surface area contributed by atoms with E-state index < -0.39 is 0 Å². The zero-order chi connectivity index (χ0) is 13.8. The second-order valence-corrected chi connectivity index (χ2v) is 4.97. The normalized spacial score (nSPS) is 10.7. The molecule has 0 aromatic carbocycles. The fourth-order valence-electron chi connectivity index (χ4n) is 1.73. The molecule has 0 fully saturated rings. The van der Waals surface area contributed by atoms with Crippen LogP contribution in [0.2, 0.25) is 0 Å². The first-order valence-corrected chi connectivity index (χ1v) is 7.26. The molecule has 0 unspecified atom stereocenters. The largest absolute Gasteiger partial charge is 0.383 e. The number of nitrogen functional groups attached to an aromatic ring is 1. The van der Waals surface area contributed by atoms with Crippen LogP contribution >= 0.6 is 11.8 Å². The Morgan fingerprint density at radius 2 is 2.21 bits per heavy atom. The lowest BCUT2D eigenvalue weighted by Gasteiger charge is -2.17. The number of hydrogen-bond donors (Lipinski definition) is 1. The van der Waals surface area contributed by atoms with Crippen molar-refractivity contribution in [1.29, 1.82) is 0 Å². The van der Waals surface area contributed by atoms with Crippen LogP contribution in [0, 0.1) is 0 Å². The summed E-state index contributed by atoms with van der Waals surface area (Å²) < 4.78 is 1.91. The molecule has 2 aromatic rings. The lowest BCUT2D eigenvalue weighted by atomic mass is 10.3. The first-order chi connectivity index (χ1) is 9.12. The average molecular weight is 278 g/mol. The number of hydrogen-bond acceptors (Lipinski definition) is 6. The monoisotopic (exact) mass is 278 g/mol. The van der Waals surface area contributed by atoms with E-state index in [4.69, 9.17) is 5.73 Å². The van der Waals surface area contributed by atoms with Crippen molar-refractivity contribution in [3.05, 3.63) is 24.0 Å². The fraction of sp³-hybridized carbons (Fsp3) is 0.417. The van der Waals surface area contributed by atoms with E-state index in [1.807, 2.05) is 35.3 Å². The van der Waals surface area contributed by atoms with Crippen molar-refractivity contribution in [1.82, 2.24) is 19.7 Å². The Bertz CT molecular complexity index is 553. The fourth-order valence-corrected chi connectivity index (χ4v) is 2.11. The Morgan fingerprint density at radius 3 is 2.84 bits per heavy atom. The molecule has 0 saturated carbocycles. The summed E-state index contributed by atoms with van der Waals surface area (Å²) >= 11 is 1.48. The molecule has 0 aliphatic rings. The Morgan fingerprint density at radius 1 is 1.42 bits per heavy atom. The van der Waals surface area contributed by atoms with Crippen LogP contribution in [0.1, 0.15) is 12.5 Å². The van der Waals surface area contributed by atoms with E-state index in [2.05, 4.69) is 22.0 Å². The van der Waals surface area contributed by atoms with Gasteiger partial charge in [0, 0.05) is 38.0 Å². The smallest absolute Gasteiger partial charge is 0.191 e. The summed E-state index contributed by atoms with van der Waals surface area (Å²) in [4.78, 5) is 10.6. The standard InChI is InChI=1S/C12H18N6S/c1-4-18-8-9(6-14-18)7-17(2)11-5-10(13)15-12(16-11)19-3/h5-6,8H,4,7H2,1-3H3,(H2,13,15,16). The number of aryl methyl sites for hydroxylation is 1. The van der Waals surface area contributed by atoms with Gasteiger partial charge in [0.25, 0.3) is 0 Å². The van der Waals surface area contributed by atoms with Crippen LogP contribution in [0.5, 0.6) is 0 Å². The first kappa shape index (κ1) is 13.7. The highest BCUT2D eigenvalue weighted by Gasteiger charge is 2.08. The number of nitrogens with two attached hydrogens (primary N) is 1. The van der Waals surface area contributed by atoms with E-state index in [-0.39, 0.29) is 0 Å². The molecule has 0 aliphatic carbocycles. The number of aromatic nitrogens is 4. The van der Waals surface area contributed by atoms with Gasteiger partial charge in [0.15, 0.2) is 5.16 Å². The molecule has 2 rings (SSSR count). The summed E-state index contributed by atoms with van der Waals surface area (Å²) in [7, 11) is 1.98. The van der Waals surface area contributed by atoms with E-state index >= 15 is 0 Å². The molecule has 19 heavy (non-hydrogen) atoms. The quantitative estimate of drug-likeness (QED) is 0.662. The Balaban J connectivity index is 2.14. The van der Waals surface area contributed by atoms with Crippen LogP contribution in [0.25, 0.3) is 0 Å². The Kier molecular flexibility index (Phi) is 4.26. The molecule has 0 amide bonds. The number of nitrogens with zero attached hydrogens (tertiary/aromatic N) is 5. The zero-order valence-corrected chi connectivity index (χ0v) is 12.2. The molecule has 0 radical (unpaired) electrons. The average Bonchev–Trinajstić information content (AvgIpc) is 2.85. The van der Waals surface area contributed by atoms with E-state index in [1.54, 1.807) is 6.07 Å². The summed E-state index contributed by atoms with van der Waals surface area (Å²) in [5.74, 6) is 1.31. The lowest BCUT2D eigenvalue weighted by molar-refractivity contribution is 0.659. The SMILES string of the molecule is CCn1cc(CN(C)c2cc(N)nc(SC)n2)cn1. The molecule has 2 N–H and O–H groups in total. The van der Waals surface area contributed by atoms with Gasteiger partial charge in [0.2, 0.25) is 0 Å². The van der Waals surface area contributed by atoms with Gasteiger partial charge in [0.1, 0.15) is 11.6 Å². The maximum absolute atomic E-state index is 5.78. The van der Waals surface area contributed by atoms with E-state index in [9.17, 15) is 0 Å². The van der Waals surface area contributed by atoms with Crippen LogP contribution in [0.3, 0.4) is 0 Å². The molecule has 0 atom stereocenters. The molecule has 7 heteroatoms. The number of anilines is 2. The van der Waals surface area contributed by atoms with Crippen molar-refractivity contribution >= 4 is 23.4 Å². The third-order valence-corrected chi connectivity index (χ3v) is 3.26. The van der Waals surface area contributed by atoms with E-state index in [0.29, 0.717) is 11.0 Å². The Hall–Kier alpha value is -1.76. The van der Waals surface area contributed by atoms with Crippen molar-refractivity contribution in [3.8, 4) is 0 Å². The van der Waals surface area contributed by atoms with Crippen molar-refractivity contribution < 1.29 is 0 Å². The van der Waals surface area contributed by atoms with Crippen LogP contribution in [0.4, 0.5) is 11.6 Å². The molecule has 2 aromatic heterocycles. The maximum atomic E-state index is 5.78. The number of rotatable bonds is 5. The van der Waals surface area contributed by atoms with Gasteiger partial charge >= 0.3 is 0 Å². The minimum absolute atomic E-state index is 0.491. The molecule has 0 saturated heterocycles. The molecule has 6 nitrogen and oxygen atoms in total. The zero-order valence-electron chi connectivity index (χ0n) is 11.4. The summed E-state index contributed by atoms with van der Waals surface area (Å²) in [6.45, 7) is 3.68. The molecule has 2 heterocycles. The molecular formula is C12H18N6S. The first-order valence-electron chi connectivity index (χ1n) is 6.03. The second-order valence-electron chi connectivity index (χ2n) is 4.20. The summed E-state index contributed by atoms with van der Waals surface area (Å²) in [5.41, 5.74) is 6.93. The summed E-state index contributed by atoms with van der Waals surface area (Å²) in [6.07, 6.45) is 5.85. The molecular weight excluding hydrogens is 260 g/mol. The highest BCUT2D eigenvalue weighted by molar-refractivity contribution is 7.98. The predicted molar refractivity (Wildman–Crippen MR) is 78.2 cm³/mol. The van der Waals surface area contributed by atoms with E-state index in [0.717, 1.165) is 24.5 Å². The van der Waals surface area contributed by atoms with Crippen LogP contribution in [0.15, 0.2) is 23.6 Å². The van der Waals surface area contributed by atoms with Crippen molar-refractivity contribution in [2.75, 3.05) is 23.9 Å². The topological polar surface area (TPSA) is 72.9 Å². The Labute approximate surface area is 117 Å². The van der Waals surface area contributed by atoms with Crippen LogP contribution < -0.4 is 10.6 Å². The third kappa shape index (κ3) is 3.37. The van der Waals surface area contributed by atoms with Gasteiger partial charge in [-0.15, -0.1) is 0 Å².